The van der Waals surface area contributed by atoms with E-state index >= 15 is 0 Å². The number of rotatable bonds is 4. The predicted molar refractivity (Wildman–Crippen MR) is 71.6 cm³/mol. The molecule has 2 unspecified atom stereocenters. The van der Waals surface area contributed by atoms with Crippen LogP contribution in [0.4, 0.5) is 0 Å². The molecule has 2 rings (SSSR count). The van der Waals surface area contributed by atoms with Crippen molar-refractivity contribution in [2.24, 2.45) is 5.92 Å². The van der Waals surface area contributed by atoms with E-state index in [1.54, 1.807) is 6.07 Å². The van der Waals surface area contributed by atoms with Gasteiger partial charge in [-0.05, 0) is 30.7 Å². The lowest BCUT2D eigenvalue weighted by atomic mass is 9.91. The van der Waals surface area contributed by atoms with Crippen LogP contribution in [0.3, 0.4) is 0 Å². The van der Waals surface area contributed by atoms with Crippen LogP contribution in [-0.4, -0.2) is 22.7 Å². The first-order valence-corrected chi connectivity index (χ1v) is 6.71. The summed E-state index contributed by atoms with van der Waals surface area (Å²) >= 11 is 0. The van der Waals surface area contributed by atoms with E-state index in [4.69, 9.17) is 0 Å². The molecule has 0 aliphatic heterocycles. The quantitative estimate of drug-likeness (QED) is 0.756. The molecule has 0 aromatic carbocycles. The zero-order chi connectivity index (χ0) is 13.1. The molecule has 0 amide bonds. The zero-order valence-corrected chi connectivity index (χ0v) is 11.1. The standard InChI is InChI=1S/C14H22N2O2/c1-9(2)13(17)8-15-11-4-3-5-12-10(11)6-7-14(18)16-12/h6-7,9,11,13,15,17H,3-5,8H2,1-2H3,(H,16,18). The summed E-state index contributed by atoms with van der Waals surface area (Å²) in [5.41, 5.74) is 2.19. The van der Waals surface area contributed by atoms with Crippen LogP contribution >= 0.6 is 0 Å². The van der Waals surface area contributed by atoms with Gasteiger partial charge in [-0.3, -0.25) is 4.79 Å². The number of pyridine rings is 1. The van der Waals surface area contributed by atoms with Gasteiger partial charge in [0.25, 0.3) is 0 Å². The smallest absolute Gasteiger partial charge is 0.248 e. The van der Waals surface area contributed by atoms with Gasteiger partial charge in [0.15, 0.2) is 0 Å². The van der Waals surface area contributed by atoms with Crippen LogP contribution in [0.2, 0.25) is 0 Å². The fourth-order valence-corrected chi connectivity index (χ4v) is 2.41. The highest BCUT2D eigenvalue weighted by Gasteiger charge is 2.21. The number of aliphatic hydroxyl groups excluding tert-OH is 1. The zero-order valence-electron chi connectivity index (χ0n) is 11.1. The minimum Gasteiger partial charge on any atom is -0.392 e. The number of H-pyrrole nitrogens is 1. The second kappa shape index (κ2) is 5.67. The molecule has 1 aliphatic rings. The largest absolute Gasteiger partial charge is 0.392 e. The molecule has 1 aliphatic carbocycles. The van der Waals surface area contributed by atoms with E-state index in [0.29, 0.717) is 6.54 Å². The Morgan fingerprint density at radius 3 is 3.00 bits per heavy atom. The minimum atomic E-state index is -0.321. The summed E-state index contributed by atoms with van der Waals surface area (Å²) in [5.74, 6) is 0.260. The molecule has 1 aromatic heterocycles. The molecule has 0 saturated carbocycles. The lowest BCUT2D eigenvalue weighted by molar-refractivity contribution is 0.119. The van der Waals surface area contributed by atoms with Crippen LogP contribution in [0, 0.1) is 5.92 Å². The maximum absolute atomic E-state index is 11.3. The molecule has 1 aromatic rings. The SMILES string of the molecule is CC(C)C(O)CNC1CCCc2[nH]c(=O)ccc21. The van der Waals surface area contributed by atoms with Gasteiger partial charge in [0, 0.05) is 24.3 Å². The topological polar surface area (TPSA) is 65.1 Å². The van der Waals surface area contributed by atoms with Crippen LogP contribution < -0.4 is 10.9 Å². The summed E-state index contributed by atoms with van der Waals surface area (Å²) in [6.45, 7) is 4.62. The highest BCUT2D eigenvalue weighted by Crippen LogP contribution is 2.27. The molecule has 4 nitrogen and oxygen atoms in total. The third kappa shape index (κ3) is 3.00. The van der Waals surface area contributed by atoms with E-state index in [1.165, 1.54) is 5.56 Å². The highest BCUT2D eigenvalue weighted by atomic mass is 16.3. The van der Waals surface area contributed by atoms with E-state index < -0.39 is 0 Å². The molecular formula is C14H22N2O2. The Bertz CT molecular complexity index is 453. The summed E-state index contributed by atoms with van der Waals surface area (Å²) in [6, 6.07) is 3.74. The molecule has 0 bridgehead atoms. The lowest BCUT2D eigenvalue weighted by Crippen LogP contribution is -2.35. The molecule has 18 heavy (non-hydrogen) atoms. The fourth-order valence-electron chi connectivity index (χ4n) is 2.41. The number of aromatic amines is 1. The normalized spacial score (nSPS) is 20.8. The number of aliphatic hydroxyl groups is 1. The summed E-state index contributed by atoms with van der Waals surface area (Å²) in [6.07, 6.45) is 2.75. The van der Waals surface area contributed by atoms with E-state index in [2.05, 4.69) is 10.3 Å². The fraction of sp³-hybridized carbons (Fsp3) is 0.643. The molecular weight excluding hydrogens is 228 g/mol. The van der Waals surface area contributed by atoms with Crippen LogP contribution in [0.1, 0.15) is 44.0 Å². The Morgan fingerprint density at radius 1 is 1.50 bits per heavy atom. The number of hydrogen-bond donors (Lipinski definition) is 3. The van der Waals surface area contributed by atoms with Crippen molar-refractivity contribution in [1.29, 1.82) is 0 Å². The Hall–Kier alpha value is -1.13. The first kappa shape index (κ1) is 13.3. The van der Waals surface area contributed by atoms with Crippen molar-refractivity contribution in [2.45, 2.75) is 45.3 Å². The minimum absolute atomic E-state index is 0.0309. The Balaban J connectivity index is 2.06. The van der Waals surface area contributed by atoms with Gasteiger partial charge in [0.2, 0.25) is 5.56 Å². The van der Waals surface area contributed by atoms with E-state index in [0.717, 1.165) is 25.0 Å². The molecule has 3 N–H and O–H groups in total. The van der Waals surface area contributed by atoms with Gasteiger partial charge in [-0.1, -0.05) is 19.9 Å². The van der Waals surface area contributed by atoms with Gasteiger partial charge in [-0.15, -0.1) is 0 Å². The Morgan fingerprint density at radius 2 is 2.28 bits per heavy atom. The van der Waals surface area contributed by atoms with Crippen molar-refractivity contribution in [3.05, 3.63) is 33.7 Å². The second-order valence-electron chi connectivity index (χ2n) is 5.42. The molecule has 4 heteroatoms. The number of hydrogen-bond acceptors (Lipinski definition) is 3. The van der Waals surface area contributed by atoms with Crippen LogP contribution in [0.5, 0.6) is 0 Å². The third-order valence-corrected chi connectivity index (χ3v) is 3.67. The number of nitrogens with one attached hydrogen (secondary N) is 2. The Kier molecular flexibility index (Phi) is 4.19. The van der Waals surface area contributed by atoms with Gasteiger partial charge >= 0.3 is 0 Å². The second-order valence-corrected chi connectivity index (χ2v) is 5.42. The van der Waals surface area contributed by atoms with Crippen molar-refractivity contribution in [3.63, 3.8) is 0 Å². The monoisotopic (exact) mass is 250 g/mol. The van der Waals surface area contributed by atoms with Gasteiger partial charge in [-0.2, -0.15) is 0 Å². The average Bonchev–Trinajstić information content (AvgIpc) is 2.35. The first-order chi connectivity index (χ1) is 8.58. The van der Waals surface area contributed by atoms with Crippen molar-refractivity contribution >= 4 is 0 Å². The maximum Gasteiger partial charge on any atom is 0.248 e. The van der Waals surface area contributed by atoms with Gasteiger partial charge in [0.1, 0.15) is 0 Å². The molecule has 0 radical (unpaired) electrons. The third-order valence-electron chi connectivity index (χ3n) is 3.67. The molecule has 1 heterocycles. The van der Waals surface area contributed by atoms with E-state index in [1.807, 2.05) is 19.9 Å². The van der Waals surface area contributed by atoms with Gasteiger partial charge < -0.3 is 15.4 Å². The number of aromatic nitrogens is 1. The summed E-state index contributed by atoms with van der Waals surface area (Å²) in [5, 5.41) is 13.2. The highest BCUT2D eigenvalue weighted by molar-refractivity contribution is 5.26. The van der Waals surface area contributed by atoms with Gasteiger partial charge in [0.05, 0.1) is 6.10 Å². The van der Waals surface area contributed by atoms with Crippen molar-refractivity contribution in [2.75, 3.05) is 6.54 Å². The molecule has 100 valence electrons. The Labute approximate surface area is 107 Å². The molecule has 0 saturated heterocycles. The summed E-state index contributed by atoms with van der Waals surface area (Å²) < 4.78 is 0. The summed E-state index contributed by atoms with van der Waals surface area (Å²) in [7, 11) is 0. The van der Waals surface area contributed by atoms with Crippen LogP contribution in [0.15, 0.2) is 16.9 Å². The van der Waals surface area contributed by atoms with E-state index in [9.17, 15) is 9.90 Å². The maximum atomic E-state index is 11.3. The van der Waals surface area contributed by atoms with Crippen molar-refractivity contribution in [1.82, 2.24) is 10.3 Å². The molecule has 2 atom stereocenters. The van der Waals surface area contributed by atoms with Crippen molar-refractivity contribution in [3.8, 4) is 0 Å². The summed E-state index contributed by atoms with van der Waals surface area (Å²) in [4.78, 5) is 14.2. The molecule has 0 spiro atoms. The van der Waals surface area contributed by atoms with Gasteiger partial charge in [-0.25, -0.2) is 0 Å². The van der Waals surface area contributed by atoms with Crippen LogP contribution in [-0.2, 0) is 6.42 Å². The van der Waals surface area contributed by atoms with Crippen LogP contribution in [0.25, 0.3) is 0 Å². The number of aryl methyl sites for hydroxylation is 1. The van der Waals surface area contributed by atoms with Crippen molar-refractivity contribution < 1.29 is 5.11 Å². The number of fused-ring (bicyclic) bond motifs is 1. The first-order valence-electron chi connectivity index (χ1n) is 6.71. The lowest BCUT2D eigenvalue weighted by Gasteiger charge is -2.27. The average molecular weight is 250 g/mol. The predicted octanol–water partition coefficient (Wildman–Crippen LogP) is 1.36. The molecule has 0 fully saturated rings. The van der Waals surface area contributed by atoms with E-state index in [-0.39, 0.29) is 23.6 Å².